The van der Waals surface area contributed by atoms with Gasteiger partial charge in [-0.2, -0.15) is 0 Å². The number of carboxylic acid groups (broad SMARTS) is 1. The Morgan fingerprint density at radius 1 is 1.06 bits per heavy atom. The second-order valence-electron chi connectivity index (χ2n) is 3.67. The summed E-state index contributed by atoms with van der Waals surface area (Å²) in [6.07, 6.45) is -2.66. The van der Waals surface area contributed by atoms with Crippen LogP contribution >= 0.6 is 0 Å². The molecule has 0 aliphatic heterocycles. The molecule has 3 atom stereocenters. The van der Waals surface area contributed by atoms with Crippen LogP contribution in [0.2, 0.25) is 0 Å². The number of hydrogen-bond acceptors (Lipinski definition) is 5. The fourth-order valence-corrected chi connectivity index (χ4v) is 1.13. The fourth-order valence-electron chi connectivity index (χ4n) is 1.13. The first kappa shape index (κ1) is 16.5. The molecule has 102 valence electrons. The molecule has 6 nitrogen and oxygen atoms in total. The molecule has 0 bridgehead atoms. The van der Waals surface area contributed by atoms with Gasteiger partial charge < -0.3 is 20.4 Å². The SMILES string of the molecule is CC(O)NC(C)O.O=C(O)[C@H](O)c1ccccc1. The molecule has 1 aromatic rings. The standard InChI is InChI=1S/C8H8O3.C4H11NO2/c9-7(8(10)11)6-4-2-1-3-5-6;1-3(6)5-4(2)7/h1-5,7,9H,(H,10,11);3-7H,1-2H3/t7-;/m1./s1. The van der Waals surface area contributed by atoms with Gasteiger partial charge in [0.2, 0.25) is 0 Å². The summed E-state index contributed by atoms with van der Waals surface area (Å²) in [6.45, 7) is 3.10. The van der Waals surface area contributed by atoms with Crippen molar-refractivity contribution in [3.63, 3.8) is 0 Å². The van der Waals surface area contributed by atoms with Crippen molar-refractivity contribution >= 4 is 5.97 Å². The van der Waals surface area contributed by atoms with Crippen molar-refractivity contribution in [1.82, 2.24) is 5.32 Å². The molecule has 0 radical (unpaired) electrons. The Balaban J connectivity index is 0.000000360. The molecular formula is C12H19NO5. The van der Waals surface area contributed by atoms with Gasteiger partial charge >= 0.3 is 5.97 Å². The van der Waals surface area contributed by atoms with E-state index in [2.05, 4.69) is 5.32 Å². The normalized spacial score (nSPS) is 14.9. The van der Waals surface area contributed by atoms with E-state index in [9.17, 15) is 4.79 Å². The Bertz CT molecular complexity index is 334. The summed E-state index contributed by atoms with van der Waals surface area (Å²) in [5, 5.41) is 36.7. The Morgan fingerprint density at radius 2 is 1.50 bits per heavy atom. The molecule has 0 aliphatic carbocycles. The van der Waals surface area contributed by atoms with Crippen molar-refractivity contribution in [3.8, 4) is 0 Å². The number of carbonyl (C=O) groups is 1. The van der Waals surface area contributed by atoms with E-state index in [0.717, 1.165) is 0 Å². The number of carboxylic acids is 1. The summed E-state index contributed by atoms with van der Waals surface area (Å²) >= 11 is 0. The van der Waals surface area contributed by atoms with Crippen LogP contribution in [0.4, 0.5) is 0 Å². The van der Waals surface area contributed by atoms with Crippen LogP contribution in [0, 0.1) is 0 Å². The monoisotopic (exact) mass is 257 g/mol. The summed E-state index contributed by atoms with van der Waals surface area (Å²) in [7, 11) is 0. The highest BCUT2D eigenvalue weighted by Gasteiger charge is 2.14. The minimum absolute atomic E-state index is 0.403. The zero-order valence-electron chi connectivity index (χ0n) is 10.3. The van der Waals surface area contributed by atoms with Crippen LogP contribution in [0.5, 0.6) is 0 Å². The molecule has 0 spiro atoms. The average molecular weight is 257 g/mol. The second-order valence-corrected chi connectivity index (χ2v) is 3.67. The first-order valence-corrected chi connectivity index (χ1v) is 5.42. The minimum Gasteiger partial charge on any atom is -0.479 e. The van der Waals surface area contributed by atoms with E-state index in [-0.39, 0.29) is 0 Å². The Kier molecular flexibility index (Phi) is 7.89. The number of hydrogen-bond donors (Lipinski definition) is 5. The van der Waals surface area contributed by atoms with Gasteiger partial charge in [-0.05, 0) is 19.4 Å². The van der Waals surface area contributed by atoms with Crippen molar-refractivity contribution in [2.75, 3.05) is 0 Å². The largest absolute Gasteiger partial charge is 0.479 e. The molecule has 0 fully saturated rings. The molecule has 0 saturated heterocycles. The van der Waals surface area contributed by atoms with Gasteiger partial charge in [-0.15, -0.1) is 0 Å². The highest BCUT2D eigenvalue weighted by molar-refractivity contribution is 5.73. The fraction of sp³-hybridized carbons (Fsp3) is 0.417. The quantitative estimate of drug-likeness (QED) is 0.488. The summed E-state index contributed by atoms with van der Waals surface area (Å²) < 4.78 is 0. The number of rotatable bonds is 4. The van der Waals surface area contributed by atoms with Crippen LogP contribution in [0.25, 0.3) is 0 Å². The van der Waals surface area contributed by atoms with Gasteiger partial charge in [0, 0.05) is 0 Å². The number of nitrogens with one attached hydrogen (secondary N) is 1. The third-order valence-electron chi connectivity index (χ3n) is 1.83. The van der Waals surface area contributed by atoms with Gasteiger partial charge in [0.15, 0.2) is 6.10 Å². The number of aliphatic hydroxyl groups is 3. The lowest BCUT2D eigenvalue weighted by Gasteiger charge is -2.08. The Labute approximate surface area is 106 Å². The van der Waals surface area contributed by atoms with Gasteiger partial charge in [-0.3, -0.25) is 5.32 Å². The van der Waals surface area contributed by atoms with E-state index in [1.165, 1.54) is 0 Å². The summed E-state index contributed by atoms with van der Waals surface area (Å²) in [5.41, 5.74) is 0.403. The van der Waals surface area contributed by atoms with Gasteiger partial charge in [0.25, 0.3) is 0 Å². The van der Waals surface area contributed by atoms with E-state index >= 15 is 0 Å². The Hall–Kier alpha value is -1.47. The molecule has 18 heavy (non-hydrogen) atoms. The average Bonchev–Trinajstić information content (AvgIpc) is 2.28. The maximum Gasteiger partial charge on any atom is 0.337 e. The highest BCUT2D eigenvalue weighted by Crippen LogP contribution is 2.10. The van der Waals surface area contributed by atoms with Crippen LogP contribution in [0.3, 0.4) is 0 Å². The molecule has 0 heterocycles. The first-order valence-electron chi connectivity index (χ1n) is 5.42. The molecule has 0 saturated carbocycles. The summed E-state index contributed by atoms with van der Waals surface area (Å²) in [4.78, 5) is 10.2. The maximum atomic E-state index is 10.2. The van der Waals surface area contributed by atoms with Crippen molar-refractivity contribution < 1.29 is 25.2 Å². The number of benzene rings is 1. The van der Waals surface area contributed by atoms with Crippen LogP contribution in [0.15, 0.2) is 30.3 Å². The summed E-state index contributed by atoms with van der Waals surface area (Å²) in [5.74, 6) is -1.23. The third kappa shape index (κ3) is 7.75. The molecule has 1 aromatic carbocycles. The molecule has 2 unspecified atom stereocenters. The highest BCUT2D eigenvalue weighted by atomic mass is 16.4. The van der Waals surface area contributed by atoms with Crippen molar-refractivity contribution in [2.45, 2.75) is 32.4 Å². The van der Waals surface area contributed by atoms with Crippen molar-refractivity contribution in [1.29, 1.82) is 0 Å². The van der Waals surface area contributed by atoms with E-state index in [0.29, 0.717) is 5.56 Å². The topological polar surface area (TPSA) is 110 Å². The molecule has 0 amide bonds. The van der Waals surface area contributed by atoms with Gasteiger partial charge in [-0.25, -0.2) is 4.79 Å². The predicted molar refractivity (Wildman–Crippen MR) is 65.5 cm³/mol. The van der Waals surface area contributed by atoms with Crippen LogP contribution < -0.4 is 5.32 Å². The van der Waals surface area contributed by atoms with Gasteiger partial charge in [-0.1, -0.05) is 30.3 Å². The molecular weight excluding hydrogens is 238 g/mol. The van der Waals surface area contributed by atoms with E-state index in [1.807, 2.05) is 0 Å². The maximum absolute atomic E-state index is 10.2. The van der Waals surface area contributed by atoms with Crippen LogP contribution in [-0.2, 0) is 4.79 Å². The van der Waals surface area contributed by atoms with Crippen molar-refractivity contribution in [3.05, 3.63) is 35.9 Å². The van der Waals surface area contributed by atoms with Gasteiger partial charge in [0.05, 0.1) is 0 Å². The van der Waals surface area contributed by atoms with Crippen LogP contribution in [0.1, 0.15) is 25.5 Å². The first-order chi connectivity index (χ1) is 8.34. The molecule has 0 aromatic heterocycles. The smallest absolute Gasteiger partial charge is 0.337 e. The molecule has 1 rings (SSSR count). The van der Waals surface area contributed by atoms with E-state index in [1.54, 1.807) is 44.2 Å². The minimum atomic E-state index is -1.41. The molecule has 5 N–H and O–H groups in total. The zero-order chi connectivity index (χ0) is 14.1. The second kappa shape index (κ2) is 8.60. The lowest BCUT2D eigenvalue weighted by Crippen LogP contribution is -2.33. The van der Waals surface area contributed by atoms with Crippen molar-refractivity contribution in [2.24, 2.45) is 0 Å². The third-order valence-corrected chi connectivity index (χ3v) is 1.83. The van der Waals surface area contributed by atoms with E-state index < -0.39 is 24.5 Å². The number of aliphatic hydroxyl groups excluding tert-OH is 3. The lowest BCUT2D eigenvalue weighted by atomic mass is 10.1. The lowest BCUT2D eigenvalue weighted by molar-refractivity contribution is -0.146. The Morgan fingerprint density at radius 3 is 1.78 bits per heavy atom. The molecule has 0 aliphatic rings. The van der Waals surface area contributed by atoms with E-state index in [4.69, 9.17) is 20.4 Å². The van der Waals surface area contributed by atoms with Gasteiger partial charge in [0.1, 0.15) is 12.5 Å². The zero-order valence-corrected chi connectivity index (χ0v) is 10.3. The van der Waals surface area contributed by atoms with Crippen LogP contribution in [-0.4, -0.2) is 38.9 Å². The molecule has 6 heteroatoms. The predicted octanol–water partition coefficient (Wildman–Crippen LogP) is 0.0572. The number of aliphatic carboxylic acids is 1. The summed E-state index contributed by atoms with van der Waals surface area (Å²) in [6, 6.07) is 8.26.